The third kappa shape index (κ3) is 1.33. The molecule has 0 spiro atoms. The zero-order chi connectivity index (χ0) is 10.6. The van der Waals surface area contributed by atoms with Crippen molar-refractivity contribution in [2.24, 2.45) is 5.92 Å². The number of carbonyl (C=O) groups excluding carboxylic acids is 1. The molecule has 2 heterocycles. The molecular weight excluding hydrogens is 184 g/mol. The predicted molar refractivity (Wildman–Crippen MR) is 48.6 cm³/mol. The molecule has 0 saturated carbocycles. The van der Waals surface area contributed by atoms with Gasteiger partial charge in [-0.25, -0.2) is 0 Å². The molecule has 2 aliphatic heterocycles. The minimum absolute atomic E-state index is 0.196. The van der Waals surface area contributed by atoms with E-state index in [1.54, 1.807) is 0 Å². The molecule has 2 aliphatic rings. The van der Waals surface area contributed by atoms with Crippen molar-refractivity contribution in [3.63, 3.8) is 0 Å². The molecular formula is C10H16O4. The molecule has 0 radical (unpaired) electrons. The highest BCUT2D eigenvalue weighted by atomic mass is 16.7. The summed E-state index contributed by atoms with van der Waals surface area (Å²) >= 11 is 0. The minimum Gasteiger partial charge on any atom is -0.454 e. The summed E-state index contributed by atoms with van der Waals surface area (Å²) in [5, 5.41) is 0. The average Bonchev–Trinajstić information content (AvgIpc) is 2.27. The van der Waals surface area contributed by atoms with Gasteiger partial charge < -0.3 is 14.2 Å². The molecule has 14 heavy (non-hydrogen) atoms. The van der Waals surface area contributed by atoms with Gasteiger partial charge in [-0.1, -0.05) is 0 Å². The highest BCUT2D eigenvalue weighted by Crippen LogP contribution is 2.40. The van der Waals surface area contributed by atoms with Crippen molar-refractivity contribution in [1.82, 2.24) is 0 Å². The Kier molecular flexibility index (Phi) is 1.92. The second-order valence-corrected chi connectivity index (χ2v) is 4.75. The number of carbonyl (C=O) groups is 1. The van der Waals surface area contributed by atoms with E-state index in [1.165, 1.54) is 0 Å². The molecule has 2 rings (SSSR count). The van der Waals surface area contributed by atoms with Gasteiger partial charge in [0, 0.05) is 0 Å². The van der Waals surface area contributed by atoms with Crippen LogP contribution in [0, 0.1) is 5.92 Å². The summed E-state index contributed by atoms with van der Waals surface area (Å²) in [7, 11) is 0. The minimum atomic E-state index is -0.619. The normalized spacial score (nSPS) is 45.9. The molecule has 3 unspecified atom stereocenters. The predicted octanol–water partition coefficient (Wildman–Crippen LogP) is 1.09. The first-order chi connectivity index (χ1) is 6.34. The summed E-state index contributed by atoms with van der Waals surface area (Å²) in [5.74, 6) is -1.02. The van der Waals surface area contributed by atoms with Crippen LogP contribution in [0.5, 0.6) is 0 Å². The zero-order valence-corrected chi connectivity index (χ0v) is 8.99. The van der Waals surface area contributed by atoms with Gasteiger partial charge in [-0.05, 0) is 27.7 Å². The number of esters is 1. The van der Waals surface area contributed by atoms with E-state index in [2.05, 4.69) is 0 Å². The van der Waals surface area contributed by atoms with Crippen molar-refractivity contribution >= 4 is 5.97 Å². The number of fused-ring (bicyclic) bond motifs is 1. The topological polar surface area (TPSA) is 44.8 Å². The van der Waals surface area contributed by atoms with Crippen LogP contribution in [-0.2, 0) is 19.0 Å². The molecule has 0 bridgehead atoms. The van der Waals surface area contributed by atoms with E-state index in [0.717, 1.165) is 0 Å². The van der Waals surface area contributed by atoms with Gasteiger partial charge in [0.1, 0.15) is 6.10 Å². The van der Waals surface area contributed by atoms with Gasteiger partial charge in [0.15, 0.2) is 11.4 Å². The van der Waals surface area contributed by atoms with Crippen LogP contribution in [-0.4, -0.2) is 30.1 Å². The Hall–Kier alpha value is -0.610. The lowest BCUT2D eigenvalue weighted by Crippen LogP contribution is -2.55. The van der Waals surface area contributed by atoms with E-state index < -0.39 is 11.4 Å². The maximum atomic E-state index is 11.4. The smallest absolute Gasteiger partial charge is 0.312 e. The van der Waals surface area contributed by atoms with E-state index in [4.69, 9.17) is 14.2 Å². The Morgan fingerprint density at radius 2 is 2.00 bits per heavy atom. The SMILES string of the molecule is CC1C(=O)OC2(C)COC(C)(C)OC12. The quantitative estimate of drug-likeness (QED) is 0.549. The monoisotopic (exact) mass is 200 g/mol. The van der Waals surface area contributed by atoms with E-state index >= 15 is 0 Å². The first-order valence-corrected chi connectivity index (χ1v) is 4.89. The maximum Gasteiger partial charge on any atom is 0.312 e. The van der Waals surface area contributed by atoms with Gasteiger partial charge >= 0.3 is 5.97 Å². The van der Waals surface area contributed by atoms with Crippen molar-refractivity contribution in [2.75, 3.05) is 6.61 Å². The molecule has 0 N–H and O–H groups in total. The highest BCUT2D eigenvalue weighted by molar-refractivity contribution is 5.76. The fraction of sp³-hybridized carbons (Fsp3) is 0.900. The first-order valence-electron chi connectivity index (χ1n) is 4.89. The van der Waals surface area contributed by atoms with Gasteiger partial charge in [-0.2, -0.15) is 0 Å². The number of rotatable bonds is 0. The van der Waals surface area contributed by atoms with E-state index in [9.17, 15) is 4.79 Å². The Labute approximate surface area is 83.5 Å². The fourth-order valence-electron chi connectivity index (χ4n) is 2.03. The molecule has 0 aromatic heterocycles. The summed E-state index contributed by atoms with van der Waals surface area (Å²) in [6, 6.07) is 0. The average molecular weight is 200 g/mol. The molecule has 3 atom stereocenters. The van der Waals surface area contributed by atoms with Crippen LogP contribution < -0.4 is 0 Å². The summed E-state index contributed by atoms with van der Waals surface area (Å²) in [6.07, 6.45) is -0.196. The Morgan fingerprint density at radius 3 is 2.64 bits per heavy atom. The lowest BCUT2D eigenvalue weighted by atomic mass is 9.92. The Bertz CT molecular complexity index is 273. The van der Waals surface area contributed by atoms with Gasteiger partial charge in [0.25, 0.3) is 0 Å². The molecule has 2 fully saturated rings. The molecule has 0 aromatic rings. The van der Waals surface area contributed by atoms with Gasteiger partial charge in [0.2, 0.25) is 0 Å². The van der Waals surface area contributed by atoms with Crippen LogP contribution in [0.1, 0.15) is 27.7 Å². The largest absolute Gasteiger partial charge is 0.454 e. The second-order valence-electron chi connectivity index (χ2n) is 4.75. The number of hydrogen-bond donors (Lipinski definition) is 0. The third-order valence-electron chi connectivity index (χ3n) is 2.88. The second kappa shape index (κ2) is 2.70. The Balaban J connectivity index is 2.25. The van der Waals surface area contributed by atoms with Crippen molar-refractivity contribution < 1.29 is 19.0 Å². The van der Waals surface area contributed by atoms with E-state index in [0.29, 0.717) is 6.61 Å². The van der Waals surface area contributed by atoms with Crippen molar-refractivity contribution in [3.8, 4) is 0 Å². The van der Waals surface area contributed by atoms with Gasteiger partial charge in [-0.3, -0.25) is 4.79 Å². The summed E-state index contributed by atoms with van der Waals surface area (Å²) < 4.78 is 16.5. The molecule has 0 aliphatic carbocycles. The highest BCUT2D eigenvalue weighted by Gasteiger charge is 2.57. The van der Waals surface area contributed by atoms with Gasteiger partial charge in [-0.15, -0.1) is 0 Å². The summed E-state index contributed by atoms with van der Waals surface area (Å²) in [5.41, 5.74) is -0.605. The molecule has 80 valence electrons. The lowest BCUT2D eigenvalue weighted by Gasteiger charge is -2.42. The van der Waals surface area contributed by atoms with Crippen LogP contribution in [0.15, 0.2) is 0 Å². The van der Waals surface area contributed by atoms with Crippen LogP contribution in [0.25, 0.3) is 0 Å². The van der Waals surface area contributed by atoms with Crippen LogP contribution in [0.3, 0.4) is 0 Å². The lowest BCUT2D eigenvalue weighted by molar-refractivity contribution is -0.319. The molecule has 4 heteroatoms. The fourth-order valence-corrected chi connectivity index (χ4v) is 2.03. The number of ether oxygens (including phenoxy) is 3. The standard InChI is InChI=1S/C10H16O4/c1-6-7-10(4,14-8(6)11)5-12-9(2,3)13-7/h6-7H,5H2,1-4H3. The maximum absolute atomic E-state index is 11.4. The van der Waals surface area contributed by atoms with Crippen LogP contribution in [0.2, 0.25) is 0 Å². The zero-order valence-electron chi connectivity index (χ0n) is 8.99. The summed E-state index contributed by atoms with van der Waals surface area (Å²) in [4.78, 5) is 11.4. The van der Waals surface area contributed by atoms with Crippen molar-refractivity contribution in [2.45, 2.75) is 45.2 Å². The van der Waals surface area contributed by atoms with E-state index in [1.807, 2.05) is 27.7 Å². The van der Waals surface area contributed by atoms with Crippen molar-refractivity contribution in [3.05, 3.63) is 0 Å². The van der Waals surface area contributed by atoms with Crippen molar-refractivity contribution in [1.29, 1.82) is 0 Å². The third-order valence-corrected chi connectivity index (χ3v) is 2.88. The molecule has 2 saturated heterocycles. The van der Waals surface area contributed by atoms with Crippen LogP contribution >= 0.6 is 0 Å². The molecule has 0 amide bonds. The molecule has 4 nitrogen and oxygen atoms in total. The first kappa shape index (κ1) is 9.93. The van der Waals surface area contributed by atoms with Gasteiger partial charge in [0.05, 0.1) is 12.5 Å². The van der Waals surface area contributed by atoms with Crippen LogP contribution in [0.4, 0.5) is 0 Å². The summed E-state index contributed by atoms with van der Waals surface area (Å²) in [6.45, 7) is 7.79. The Morgan fingerprint density at radius 1 is 1.36 bits per heavy atom. The molecule has 0 aromatic carbocycles. The number of hydrogen-bond acceptors (Lipinski definition) is 4. The van der Waals surface area contributed by atoms with E-state index in [-0.39, 0.29) is 18.0 Å².